The van der Waals surface area contributed by atoms with Crippen LogP contribution in [0, 0.1) is 13.8 Å². The normalized spacial score (nSPS) is 12.6. The average molecular weight is 338 g/mol. The summed E-state index contributed by atoms with van der Waals surface area (Å²) in [6, 6.07) is 9.06. The van der Waals surface area contributed by atoms with E-state index >= 15 is 0 Å². The molecule has 0 bridgehead atoms. The van der Waals surface area contributed by atoms with E-state index in [0.717, 1.165) is 17.4 Å². The Kier molecular flexibility index (Phi) is 5.20. The molecule has 19 heavy (non-hydrogen) atoms. The van der Waals surface area contributed by atoms with Gasteiger partial charge in [-0.05, 0) is 67.1 Å². The second-order valence-electron chi connectivity index (χ2n) is 4.82. The van der Waals surface area contributed by atoms with Gasteiger partial charge < -0.3 is 5.32 Å². The third kappa shape index (κ3) is 3.47. The third-order valence-electron chi connectivity index (χ3n) is 3.36. The van der Waals surface area contributed by atoms with Gasteiger partial charge in [-0.15, -0.1) is 11.3 Å². The smallest absolute Gasteiger partial charge is 0.0590 e. The molecule has 1 aromatic carbocycles. The summed E-state index contributed by atoms with van der Waals surface area (Å²) in [5.74, 6) is 0. The van der Waals surface area contributed by atoms with E-state index in [1.165, 1.54) is 21.6 Å². The van der Waals surface area contributed by atoms with Crippen molar-refractivity contribution in [2.75, 3.05) is 6.54 Å². The monoisotopic (exact) mass is 337 g/mol. The van der Waals surface area contributed by atoms with Crippen LogP contribution in [0.5, 0.6) is 0 Å². The molecule has 0 aliphatic rings. The zero-order valence-electron chi connectivity index (χ0n) is 11.7. The van der Waals surface area contributed by atoms with E-state index in [4.69, 9.17) is 0 Å². The van der Waals surface area contributed by atoms with Crippen LogP contribution < -0.4 is 5.32 Å². The van der Waals surface area contributed by atoms with Crippen molar-refractivity contribution in [2.45, 2.75) is 33.2 Å². The van der Waals surface area contributed by atoms with Gasteiger partial charge in [0.2, 0.25) is 0 Å². The van der Waals surface area contributed by atoms with Crippen molar-refractivity contribution in [1.29, 1.82) is 0 Å². The van der Waals surface area contributed by atoms with Crippen LogP contribution in [-0.4, -0.2) is 6.54 Å². The summed E-state index contributed by atoms with van der Waals surface area (Å²) < 4.78 is 1.14. The number of hydrogen-bond acceptors (Lipinski definition) is 2. The highest BCUT2D eigenvalue weighted by Gasteiger charge is 2.18. The summed E-state index contributed by atoms with van der Waals surface area (Å²) in [6.07, 6.45) is 1.15. The molecule has 0 fully saturated rings. The highest BCUT2D eigenvalue weighted by molar-refractivity contribution is 9.10. The molecule has 2 aromatic rings. The lowest BCUT2D eigenvalue weighted by Crippen LogP contribution is -2.24. The predicted molar refractivity (Wildman–Crippen MR) is 88.1 cm³/mol. The quantitative estimate of drug-likeness (QED) is 0.788. The van der Waals surface area contributed by atoms with Crippen molar-refractivity contribution in [3.63, 3.8) is 0 Å². The number of halogens is 1. The number of nitrogens with one attached hydrogen (secondary N) is 1. The van der Waals surface area contributed by atoms with E-state index in [0.29, 0.717) is 6.04 Å². The second-order valence-corrected chi connectivity index (χ2v) is 6.86. The van der Waals surface area contributed by atoms with Crippen LogP contribution in [0.25, 0.3) is 0 Å². The zero-order chi connectivity index (χ0) is 13.8. The molecule has 0 radical (unpaired) electrons. The van der Waals surface area contributed by atoms with Gasteiger partial charge >= 0.3 is 0 Å². The first kappa shape index (κ1) is 14.8. The Bertz CT molecular complexity index is 547. The summed E-state index contributed by atoms with van der Waals surface area (Å²) in [5, 5.41) is 5.86. The van der Waals surface area contributed by atoms with Gasteiger partial charge in [0.1, 0.15) is 0 Å². The van der Waals surface area contributed by atoms with Gasteiger partial charge in [0.05, 0.1) is 6.04 Å². The van der Waals surface area contributed by atoms with Crippen molar-refractivity contribution in [1.82, 2.24) is 5.32 Å². The Morgan fingerprint density at radius 1 is 1.21 bits per heavy atom. The maximum Gasteiger partial charge on any atom is 0.0590 e. The molecule has 1 nitrogen and oxygen atoms in total. The van der Waals surface area contributed by atoms with Gasteiger partial charge in [0.25, 0.3) is 0 Å². The minimum absolute atomic E-state index is 0.295. The molecule has 1 heterocycles. The maximum absolute atomic E-state index is 3.68. The van der Waals surface area contributed by atoms with Crippen LogP contribution >= 0.6 is 27.3 Å². The fourth-order valence-corrected chi connectivity index (χ4v) is 3.41. The fraction of sp³-hybridized carbons (Fsp3) is 0.375. The van der Waals surface area contributed by atoms with E-state index in [1.807, 2.05) is 11.3 Å². The van der Waals surface area contributed by atoms with Crippen LogP contribution in [0.4, 0.5) is 0 Å². The number of aryl methyl sites for hydroxylation is 2. The van der Waals surface area contributed by atoms with Crippen LogP contribution in [0.1, 0.15) is 41.0 Å². The Morgan fingerprint density at radius 2 is 2.00 bits per heavy atom. The maximum atomic E-state index is 3.68. The summed E-state index contributed by atoms with van der Waals surface area (Å²) in [6.45, 7) is 7.63. The molecule has 102 valence electrons. The molecule has 3 heteroatoms. The van der Waals surface area contributed by atoms with E-state index < -0.39 is 0 Å². The Morgan fingerprint density at radius 3 is 2.63 bits per heavy atom. The molecule has 0 aliphatic carbocycles. The van der Waals surface area contributed by atoms with Crippen molar-refractivity contribution in [3.05, 3.63) is 55.7 Å². The van der Waals surface area contributed by atoms with Crippen molar-refractivity contribution >= 4 is 27.3 Å². The van der Waals surface area contributed by atoms with Gasteiger partial charge in [0, 0.05) is 9.35 Å². The summed E-state index contributed by atoms with van der Waals surface area (Å²) in [4.78, 5) is 1.40. The van der Waals surface area contributed by atoms with E-state index in [2.05, 4.69) is 71.7 Å². The minimum Gasteiger partial charge on any atom is -0.306 e. The Balaban J connectivity index is 2.42. The molecular formula is C16H20BrNS. The molecule has 0 saturated carbocycles. The molecule has 0 saturated heterocycles. The first-order valence-electron chi connectivity index (χ1n) is 6.67. The lowest BCUT2D eigenvalue weighted by Gasteiger charge is -2.21. The zero-order valence-corrected chi connectivity index (χ0v) is 14.1. The lowest BCUT2D eigenvalue weighted by atomic mass is 9.95. The molecule has 1 N–H and O–H groups in total. The molecule has 1 aromatic heterocycles. The minimum atomic E-state index is 0.295. The summed E-state index contributed by atoms with van der Waals surface area (Å²) in [7, 11) is 0. The van der Waals surface area contributed by atoms with Crippen LogP contribution in [-0.2, 0) is 0 Å². The second kappa shape index (κ2) is 6.69. The van der Waals surface area contributed by atoms with Crippen LogP contribution in [0.3, 0.4) is 0 Å². The highest BCUT2D eigenvalue weighted by Crippen LogP contribution is 2.31. The van der Waals surface area contributed by atoms with Crippen LogP contribution in [0.2, 0.25) is 0 Å². The van der Waals surface area contributed by atoms with Gasteiger partial charge in [0.15, 0.2) is 0 Å². The largest absolute Gasteiger partial charge is 0.306 e. The SMILES string of the molecule is CCCNC(c1cc(Br)ccc1C)c1ccsc1C. The molecule has 1 atom stereocenters. The van der Waals surface area contributed by atoms with Gasteiger partial charge in [-0.3, -0.25) is 0 Å². The van der Waals surface area contributed by atoms with Gasteiger partial charge in [-0.25, -0.2) is 0 Å². The third-order valence-corrected chi connectivity index (χ3v) is 4.72. The predicted octanol–water partition coefficient (Wildman–Crippen LogP) is 5.22. The van der Waals surface area contributed by atoms with Gasteiger partial charge in [-0.1, -0.05) is 28.9 Å². The molecule has 2 rings (SSSR count). The first-order chi connectivity index (χ1) is 9.13. The highest BCUT2D eigenvalue weighted by atomic mass is 79.9. The van der Waals surface area contributed by atoms with E-state index in [-0.39, 0.29) is 0 Å². The first-order valence-corrected chi connectivity index (χ1v) is 8.34. The average Bonchev–Trinajstić information content (AvgIpc) is 2.80. The number of benzene rings is 1. The van der Waals surface area contributed by atoms with Crippen molar-refractivity contribution in [3.8, 4) is 0 Å². The molecule has 1 unspecified atom stereocenters. The fourth-order valence-electron chi connectivity index (χ4n) is 2.29. The van der Waals surface area contributed by atoms with Crippen molar-refractivity contribution in [2.24, 2.45) is 0 Å². The van der Waals surface area contributed by atoms with Crippen LogP contribution in [0.15, 0.2) is 34.1 Å². The lowest BCUT2D eigenvalue weighted by molar-refractivity contribution is 0.595. The number of rotatable bonds is 5. The molecular weight excluding hydrogens is 318 g/mol. The standard InChI is InChI=1S/C16H20BrNS/c1-4-8-18-16(14-7-9-19-12(14)3)15-10-13(17)6-5-11(15)2/h5-7,9-10,16,18H,4,8H2,1-3H3. The summed E-state index contributed by atoms with van der Waals surface area (Å²) in [5.41, 5.74) is 4.10. The molecule has 0 spiro atoms. The van der Waals surface area contributed by atoms with E-state index in [9.17, 15) is 0 Å². The molecule has 0 amide bonds. The number of thiophene rings is 1. The van der Waals surface area contributed by atoms with Crippen molar-refractivity contribution < 1.29 is 0 Å². The Hall–Kier alpha value is -0.640. The molecule has 0 aliphatic heterocycles. The van der Waals surface area contributed by atoms with E-state index in [1.54, 1.807) is 0 Å². The summed E-state index contributed by atoms with van der Waals surface area (Å²) >= 11 is 5.41. The number of hydrogen-bond donors (Lipinski definition) is 1. The topological polar surface area (TPSA) is 12.0 Å². The van der Waals surface area contributed by atoms with Gasteiger partial charge in [-0.2, -0.15) is 0 Å². The Labute approximate surface area is 128 Å².